The molecule has 1 rings (SSSR count). The molecule has 1 N–H and O–H groups in total. The maximum atomic E-state index is 9.51. The number of unbranched alkanes of at least 4 members (excludes halogenated alkanes) is 1. The average molecular weight is 199 g/mol. The Balaban J connectivity index is 2.37. The Labute approximate surface area is 92.8 Å². The summed E-state index contributed by atoms with van der Waals surface area (Å²) in [5.74, 6) is 5.75. The van der Waals surface area contributed by atoms with Crippen molar-refractivity contribution in [2.75, 3.05) is 0 Å². The average Bonchev–Trinajstić information content (AvgIpc) is 2.28. The van der Waals surface area contributed by atoms with E-state index in [-0.39, 0.29) is 0 Å². The third-order valence-electron chi connectivity index (χ3n) is 2.09. The summed E-state index contributed by atoms with van der Waals surface area (Å²) in [6, 6.07) is 9.11. The van der Waals surface area contributed by atoms with Crippen molar-refractivity contribution in [2.24, 2.45) is 0 Å². The van der Waals surface area contributed by atoms with E-state index in [1.165, 1.54) is 0 Å². The summed E-state index contributed by atoms with van der Waals surface area (Å²) in [4.78, 5) is 0. The van der Waals surface area contributed by atoms with Crippen molar-refractivity contribution in [1.82, 2.24) is 0 Å². The fraction of sp³-hybridized carbons (Fsp3) is 0.385. The minimum Gasteiger partial charge on any atom is -0.390 e. The summed E-state index contributed by atoms with van der Waals surface area (Å²) < 4.78 is 0. The van der Waals surface area contributed by atoms with Crippen molar-refractivity contribution in [1.29, 1.82) is 0 Å². The third kappa shape index (κ3) is 5.29. The Morgan fingerprint density at radius 2 is 2.07 bits per heavy atom. The van der Waals surface area contributed by atoms with E-state index in [9.17, 15) is 5.11 Å². The summed E-state index contributed by atoms with van der Waals surface area (Å²) >= 11 is 0. The van der Waals surface area contributed by atoms with Crippen LogP contribution in [0.3, 0.4) is 0 Å². The Kier molecular flexibility index (Phi) is 5.66. The van der Waals surface area contributed by atoms with Gasteiger partial charge in [0.15, 0.2) is 7.28 Å². The van der Waals surface area contributed by atoms with Gasteiger partial charge in [-0.05, 0) is 12.1 Å². The van der Waals surface area contributed by atoms with Gasteiger partial charge in [-0.3, -0.25) is 0 Å². The molecule has 1 aromatic rings. The third-order valence-corrected chi connectivity index (χ3v) is 2.09. The molecule has 77 valence electrons. The normalized spacial score (nSPS) is 11.3. The maximum absolute atomic E-state index is 9.51. The van der Waals surface area contributed by atoms with Crippen LogP contribution in [0.5, 0.6) is 0 Å². The number of benzene rings is 1. The molecule has 1 aromatic carbocycles. The highest BCUT2D eigenvalue weighted by Gasteiger charge is 1.99. The molecule has 0 aliphatic heterocycles. The van der Waals surface area contributed by atoms with Gasteiger partial charge in [-0.15, -0.1) is 0 Å². The van der Waals surface area contributed by atoms with Gasteiger partial charge in [0.05, 0.1) is 6.00 Å². The van der Waals surface area contributed by atoms with E-state index in [1.54, 1.807) is 0 Å². The molecule has 0 spiro atoms. The maximum Gasteiger partial charge on any atom is 0.166 e. The number of aliphatic hydroxyl groups excluding tert-OH is 1. The predicted molar refractivity (Wildman–Crippen MR) is 64.8 cm³/mol. The van der Waals surface area contributed by atoms with Gasteiger partial charge in [-0.2, -0.15) is 0 Å². The fourth-order valence-electron chi connectivity index (χ4n) is 1.22. The minimum absolute atomic E-state index is 0.600. The molecule has 0 saturated carbocycles. The molecule has 15 heavy (non-hydrogen) atoms. The van der Waals surface area contributed by atoms with Crippen molar-refractivity contribution in [3.05, 3.63) is 35.9 Å². The first-order valence-electron chi connectivity index (χ1n) is 5.41. The van der Waals surface area contributed by atoms with Crippen LogP contribution in [0.1, 0.15) is 25.3 Å². The molecule has 0 saturated heterocycles. The summed E-state index contributed by atoms with van der Waals surface area (Å²) in [6.45, 7) is 2.13. The van der Waals surface area contributed by atoms with Crippen LogP contribution in [0.4, 0.5) is 0 Å². The van der Waals surface area contributed by atoms with Crippen LogP contribution in [0.2, 0.25) is 6.32 Å². The van der Waals surface area contributed by atoms with Gasteiger partial charge in [0.2, 0.25) is 0 Å². The van der Waals surface area contributed by atoms with Crippen LogP contribution in [-0.4, -0.2) is 18.4 Å². The first-order chi connectivity index (χ1) is 7.33. The zero-order chi connectivity index (χ0) is 10.9. The Bertz CT molecular complexity index is 323. The van der Waals surface area contributed by atoms with Gasteiger partial charge in [-0.25, -0.2) is 0 Å². The summed E-state index contributed by atoms with van der Waals surface area (Å²) in [7, 11) is 1.86. The highest BCUT2D eigenvalue weighted by Crippen LogP contribution is 1.97. The standard InChI is InChI=1S/C13H16BO/c1-2-3-11-14-13(15)10-9-12-7-5-4-6-8-12/h4-8,13,15H,2-3,11H2,1H3. The molecular weight excluding hydrogens is 183 g/mol. The predicted octanol–water partition coefficient (Wildman–Crippen LogP) is 2.28. The largest absolute Gasteiger partial charge is 0.390 e. The Morgan fingerprint density at radius 3 is 2.73 bits per heavy atom. The number of hydrogen-bond acceptors (Lipinski definition) is 1. The summed E-state index contributed by atoms with van der Waals surface area (Å²) in [5.41, 5.74) is 0.945. The molecule has 1 unspecified atom stereocenters. The minimum atomic E-state index is -0.600. The lowest BCUT2D eigenvalue weighted by Gasteiger charge is -1.99. The smallest absolute Gasteiger partial charge is 0.166 e. The van der Waals surface area contributed by atoms with E-state index >= 15 is 0 Å². The van der Waals surface area contributed by atoms with Crippen LogP contribution in [-0.2, 0) is 0 Å². The zero-order valence-corrected chi connectivity index (χ0v) is 9.11. The molecular formula is C13H16BO. The van der Waals surface area contributed by atoms with Crippen LogP contribution in [0.25, 0.3) is 0 Å². The van der Waals surface area contributed by atoms with E-state index in [2.05, 4.69) is 18.8 Å². The second-order valence-corrected chi connectivity index (χ2v) is 3.46. The number of aliphatic hydroxyl groups is 1. The zero-order valence-electron chi connectivity index (χ0n) is 9.11. The topological polar surface area (TPSA) is 20.2 Å². The molecule has 1 atom stereocenters. The van der Waals surface area contributed by atoms with Crippen molar-refractivity contribution >= 4 is 7.28 Å². The quantitative estimate of drug-likeness (QED) is 0.448. The van der Waals surface area contributed by atoms with Crippen LogP contribution in [0.15, 0.2) is 30.3 Å². The molecule has 0 amide bonds. The van der Waals surface area contributed by atoms with Crippen molar-refractivity contribution in [2.45, 2.75) is 32.1 Å². The van der Waals surface area contributed by atoms with Crippen molar-refractivity contribution in [3.63, 3.8) is 0 Å². The van der Waals surface area contributed by atoms with E-state index < -0.39 is 6.00 Å². The lowest BCUT2D eigenvalue weighted by Crippen LogP contribution is -2.12. The molecule has 2 heteroatoms. The SMILES string of the molecule is CCCC[B]C(O)C#Cc1ccccc1. The van der Waals surface area contributed by atoms with Gasteiger partial charge in [0.1, 0.15) is 0 Å². The van der Waals surface area contributed by atoms with Gasteiger partial charge in [0, 0.05) is 5.56 Å². The van der Waals surface area contributed by atoms with Crippen molar-refractivity contribution < 1.29 is 5.11 Å². The number of rotatable bonds is 4. The molecule has 0 aliphatic carbocycles. The van der Waals surface area contributed by atoms with Crippen LogP contribution < -0.4 is 0 Å². The highest BCUT2D eigenvalue weighted by molar-refractivity contribution is 6.38. The Hall–Kier alpha value is -1.20. The van der Waals surface area contributed by atoms with Gasteiger partial charge in [0.25, 0.3) is 0 Å². The van der Waals surface area contributed by atoms with E-state index in [0.29, 0.717) is 0 Å². The van der Waals surface area contributed by atoms with Crippen LogP contribution >= 0.6 is 0 Å². The lowest BCUT2D eigenvalue weighted by atomic mass is 9.67. The number of hydrogen-bond donors (Lipinski definition) is 1. The van der Waals surface area contributed by atoms with E-state index in [0.717, 1.165) is 24.7 Å². The Morgan fingerprint density at radius 1 is 1.33 bits per heavy atom. The molecule has 0 aliphatic rings. The molecule has 0 bridgehead atoms. The highest BCUT2D eigenvalue weighted by atomic mass is 16.3. The molecule has 1 radical (unpaired) electrons. The first-order valence-corrected chi connectivity index (χ1v) is 5.41. The van der Waals surface area contributed by atoms with E-state index in [4.69, 9.17) is 0 Å². The second kappa shape index (κ2) is 7.14. The molecule has 0 aromatic heterocycles. The first kappa shape index (κ1) is 11.9. The van der Waals surface area contributed by atoms with Gasteiger partial charge in [-0.1, -0.05) is 56.1 Å². The lowest BCUT2D eigenvalue weighted by molar-refractivity contribution is 0.307. The van der Waals surface area contributed by atoms with Crippen molar-refractivity contribution in [3.8, 4) is 11.8 Å². The molecule has 0 heterocycles. The van der Waals surface area contributed by atoms with E-state index in [1.807, 2.05) is 37.6 Å². The van der Waals surface area contributed by atoms with Gasteiger partial charge >= 0.3 is 0 Å². The molecule has 0 fully saturated rings. The summed E-state index contributed by atoms with van der Waals surface area (Å²) in [5, 5.41) is 9.51. The summed E-state index contributed by atoms with van der Waals surface area (Å²) in [6.07, 6.45) is 3.19. The fourth-order valence-corrected chi connectivity index (χ4v) is 1.22. The van der Waals surface area contributed by atoms with Crippen LogP contribution in [0, 0.1) is 11.8 Å². The van der Waals surface area contributed by atoms with Gasteiger partial charge < -0.3 is 5.11 Å². The molecule has 1 nitrogen and oxygen atoms in total. The monoisotopic (exact) mass is 199 g/mol. The second-order valence-electron chi connectivity index (χ2n) is 3.46.